The average Bonchev–Trinajstić information content (AvgIpc) is 3.28. The highest BCUT2D eigenvalue weighted by Crippen LogP contribution is 2.34. The van der Waals surface area contributed by atoms with Crippen LogP contribution >= 0.6 is 0 Å². The molecule has 0 aliphatic carbocycles. The Bertz CT molecular complexity index is 1470. The van der Waals surface area contributed by atoms with Crippen molar-refractivity contribution in [1.82, 2.24) is 14.8 Å². The summed E-state index contributed by atoms with van der Waals surface area (Å²) in [5, 5.41) is 0. The number of nitrogens with zero attached hydrogens (tertiary/aromatic N) is 3. The Hall–Kier alpha value is -3.49. The molecule has 5 rings (SSSR count). The zero-order chi connectivity index (χ0) is 23.9. The number of rotatable bonds is 4. The lowest BCUT2D eigenvalue weighted by molar-refractivity contribution is 0.0664. The number of aromatic nitrogens is 1. The second kappa shape index (κ2) is 8.70. The molecule has 0 bridgehead atoms. The summed E-state index contributed by atoms with van der Waals surface area (Å²) < 4.78 is 29.7. The fraction of sp³-hybridized carbons (Fsp3) is 0.231. The summed E-state index contributed by atoms with van der Waals surface area (Å²) in [6.45, 7) is 3.19. The Morgan fingerprint density at radius 3 is 2.38 bits per heavy atom. The third-order valence-corrected chi connectivity index (χ3v) is 7.32. The minimum Gasteiger partial charge on any atom is -0.454 e. The second-order valence-electron chi connectivity index (χ2n) is 8.66. The van der Waals surface area contributed by atoms with E-state index in [-0.39, 0.29) is 10.8 Å². The van der Waals surface area contributed by atoms with Crippen molar-refractivity contribution in [3.63, 3.8) is 0 Å². The quantitative estimate of drug-likeness (QED) is 0.444. The van der Waals surface area contributed by atoms with E-state index in [0.717, 1.165) is 42.9 Å². The molecule has 0 unspecified atom stereocenters. The zero-order valence-electron chi connectivity index (χ0n) is 19.1. The van der Waals surface area contributed by atoms with E-state index in [9.17, 15) is 13.2 Å². The van der Waals surface area contributed by atoms with Crippen molar-refractivity contribution in [2.75, 3.05) is 39.5 Å². The first-order chi connectivity index (χ1) is 16.3. The third-order valence-electron chi connectivity index (χ3n) is 6.19. The van der Waals surface area contributed by atoms with Gasteiger partial charge in [-0.2, -0.15) is 0 Å². The Kier molecular flexibility index (Phi) is 5.71. The fourth-order valence-corrected chi connectivity index (χ4v) is 4.82. The van der Waals surface area contributed by atoms with Crippen LogP contribution in [0, 0.1) is 0 Å². The number of likely N-dealkylation sites (N-methyl/N-ethyl adjacent to an activating group) is 1. The first-order valence-electron chi connectivity index (χ1n) is 11.1. The number of benzene rings is 2. The molecule has 1 fully saturated rings. The number of hydrogen-bond donors (Lipinski definition) is 0. The summed E-state index contributed by atoms with van der Waals surface area (Å²) >= 11 is 0. The molecule has 0 radical (unpaired) electrons. The monoisotopic (exact) mass is 475 g/mol. The molecule has 8 heteroatoms. The van der Waals surface area contributed by atoms with Gasteiger partial charge < -0.3 is 14.2 Å². The number of sulfone groups is 1. The normalized spacial score (nSPS) is 15.1. The molecular formula is C26H25N3O4S. The Morgan fingerprint density at radius 2 is 1.68 bits per heavy atom. The molecule has 2 aromatic carbocycles. The van der Waals surface area contributed by atoms with Crippen LogP contribution in [0.15, 0.2) is 76.2 Å². The summed E-state index contributed by atoms with van der Waals surface area (Å²) in [6.07, 6.45) is 2.90. The molecule has 1 amide bonds. The molecule has 174 valence electrons. The summed E-state index contributed by atoms with van der Waals surface area (Å²) in [7, 11) is -1.20. The predicted molar refractivity (Wildman–Crippen MR) is 131 cm³/mol. The second-order valence-corrected chi connectivity index (χ2v) is 10.7. The van der Waals surface area contributed by atoms with Gasteiger partial charge in [-0.05, 0) is 55.1 Å². The van der Waals surface area contributed by atoms with Gasteiger partial charge in [0.2, 0.25) is 0 Å². The van der Waals surface area contributed by atoms with Crippen molar-refractivity contribution in [3.8, 4) is 22.5 Å². The number of furan rings is 1. The molecule has 0 atom stereocenters. The number of carbonyl (C=O) groups excluding carboxylic acids is 1. The molecule has 4 aromatic rings. The van der Waals surface area contributed by atoms with Crippen LogP contribution in [0.5, 0.6) is 0 Å². The lowest BCUT2D eigenvalue weighted by Crippen LogP contribution is -2.47. The number of hydrogen-bond acceptors (Lipinski definition) is 6. The summed E-state index contributed by atoms with van der Waals surface area (Å²) in [4.78, 5) is 21.9. The topological polar surface area (TPSA) is 83.7 Å². The average molecular weight is 476 g/mol. The maximum Gasteiger partial charge on any atom is 0.253 e. The maximum atomic E-state index is 13.1. The largest absolute Gasteiger partial charge is 0.454 e. The maximum absolute atomic E-state index is 13.1. The SMILES string of the molecule is CN1CCN(C(=O)c2cccc(-c3ccnc4cc(-c5ccc(S(C)(=O)=O)cc5)oc34)c2)CC1. The van der Waals surface area contributed by atoms with E-state index in [2.05, 4.69) is 16.9 Å². The van der Waals surface area contributed by atoms with Crippen LogP contribution in [0.4, 0.5) is 0 Å². The van der Waals surface area contributed by atoms with Crippen molar-refractivity contribution in [2.24, 2.45) is 0 Å². The van der Waals surface area contributed by atoms with Crippen molar-refractivity contribution >= 4 is 26.8 Å². The van der Waals surface area contributed by atoms with Crippen molar-refractivity contribution in [1.29, 1.82) is 0 Å². The van der Waals surface area contributed by atoms with Crippen LogP contribution in [-0.4, -0.2) is 68.6 Å². The number of carbonyl (C=O) groups is 1. The summed E-state index contributed by atoms with van der Waals surface area (Å²) in [5.41, 5.74) is 4.44. The number of amides is 1. The van der Waals surface area contributed by atoms with Crippen molar-refractivity contribution in [2.45, 2.75) is 4.90 Å². The van der Waals surface area contributed by atoms with Gasteiger partial charge in [0.05, 0.1) is 4.90 Å². The van der Waals surface area contributed by atoms with Gasteiger partial charge in [0, 0.05) is 61.4 Å². The molecule has 34 heavy (non-hydrogen) atoms. The minimum absolute atomic E-state index is 0.0337. The summed E-state index contributed by atoms with van der Waals surface area (Å²) in [5.74, 6) is 0.631. The molecule has 1 saturated heterocycles. The first-order valence-corrected chi connectivity index (χ1v) is 13.0. The highest BCUT2D eigenvalue weighted by molar-refractivity contribution is 7.90. The molecule has 0 saturated carbocycles. The summed E-state index contributed by atoms with van der Waals surface area (Å²) in [6, 6.07) is 17.9. The van der Waals surface area contributed by atoms with E-state index in [1.54, 1.807) is 30.5 Å². The van der Waals surface area contributed by atoms with E-state index in [1.807, 2.05) is 41.3 Å². The van der Waals surface area contributed by atoms with E-state index in [0.29, 0.717) is 22.4 Å². The van der Waals surface area contributed by atoms with Crippen LogP contribution in [0.3, 0.4) is 0 Å². The minimum atomic E-state index is -3.27. The molecule has 1 aliphatic heterocycles. The van der Waals surface area contributed by atoms with Gasteiger partial charge in [0.25, 0.3) is 5.91 Å². The van der Waals surface area contributed by atoms with Crippen LogP contribution in [-0.2, 0) is 9.84 Å². The number of piperazine rings is 1. The standard InChI is InChI=1S/C26H25N3O4S/c1-28-12-14-29(15-13-28)26(30)20-5-3-4-19(16-20)22-10-11-27-23-17-24(33-25(22)23)18-6-8-21(9-7-18)34(2,31)32/h3-11,16-17H,12-15H2,1-2H3. The molecule has 0 N–H and O–H groups in total. The molecule has 2 aromatic heterocycles. The lowest BCUT2D eigenvalue weighted by atomic mass is 10.0. The molecule has 0 spiro atoms. The third kappa shape index (κ3) is 4.34. The van der Waals surface area contributed by atoms with Crippen LogP contribution < -0.4 is 0 Å². The fourth-order valence-electron chi connectivity index (χ4n) is 4.19. The van der Waals surface area contributed by atoms with Crippen molar-refractivity contribution in [3.05, 3.63) is 72.4 Å². The van der Waals surface area contributed by atoms with E-state index in [4.69, 9.17) is 4.42 Å². The van der Waals surface area contributed by atoms with Gasteiger partial charge in [-0.3, -0.25) is 9.78 Å². The van der Waals surface area contributed by atoms with Gasteiger partial charge in [0.15, 0.2) is 15.4 Å². The van der Waals surface area contributed by atoms with Crippen LogP contribution in [0.2, 0.25) is 0 Å². The first kappa shape index (κ1) is 22.3. The van der Waals surface area contributed by atoms with Gasteiger partial charge in [0.1, 0.15) is 11.3 Å². The Balaban J connectivity index is 1.48. The van der Waals surface area contributed by atoms with E-state index >= 15 is 0 Å². The van der Waals surface area contributed by atoms with Gasteiger partial charge >= 0.3 is 0 Å². The highest BCUT2D eigenvalue weighted by atomic mass is 32.2. The van der Waals surface area contributed by atoms with Gasteiger partial charge in [-0.1, -0.05) is 12.1 Å². The lowest BCUT2D eigenvalue weighted by Gasteiger charge is -2.32. The van der Waals surface area contributed by atoms with Crippen molar-refractivity contribution < 1.29 is 17.6 Å². The Labute approximate surface area is 198 Å². The van der Waals surface area contributed by atoms with E-state index in [1.165, 1.54) is 6.26 Å². The highest BCUT2D eigenvalue weighted by Gasteiger charge is 2.21. The van der Waals surface area contributed by atoms with E-state index < -0.39 is 9.84 Å². The van der Waals surface area contributed by atoms with Gasteiger partial charge in [-0.25, -0.2) is 8.42 Å². The molecule has 3 heterocycles. The predicted octanol–water partition coefficient (Wildman–Crippen LogP) is 3.95. The van der Waals surface area contributed by atoms with Crippen LogP contribution in [0.25, 0.3) is 33.6 Å². The smallest absolute Gasteiger partial charge is 0.253 e. The van der Waals surface area contributed by atoms with Crippen LogP contribution in [0.1, 0.15) is 10.4 Å². The van der Waals surface area contributed by atoms with Gasteiger partial charge in [-0.15, -0.1) is 0 Å². The molecule has 7 nitrogen and oxygen atoms in total. The number of fused-ring (bicyclic) bond motifs is 1. The molecular weight excluding hydrogens is 450 g/mol. The Morgan fingerprint density at radius 1 is 0.941 bits per heavy atom. The zero-order valence-corrected chi connectivity index (χ0v) is 19.9. The molecule has 1 aliphatic rings. The number of pyridine rings is 1.